The second-order valence-corrected chi connectivity index (χ2v) is 6.67. The summed E-state index contributed by atoms with van der Waals surface area (Å²) in [6.07, 6.45) is 5.86. The van der Waals surface area contributed by atoms with E-state index in [9.17, 15) is 0 Å². The van der Waals surface area contributed by atoms with E-state index in [1.165, 1.54) is 34.8 Å². The Bertz CT molecular complexity index is 399. The van der Waals surface area contributed by atoms with Crippen LogP contribution < -0.4 is 5.32 Å². The molecule has 0 saturated heterocycles. The first-order valence-electron chi connectivity index (χ1n) is 7.41. The Labute approximate surface area is 125 Å². The summed E-state index contributed by atoms with van der Waals surface area (Å²) >= 11 is 1.88. The fraction of sp³-hybridized carbons (Fsp3) is 0.800. The van der Waals surface area contributed by atoms with Gasteiger partial charge in [0, 0.05) is 32.2 Å². The van der Waals surface area contributed by atoms with Crippen LogP contribution in [-0.4, -0.2) is 39.0 Å². The van der Waals surface area contributed by atoms with Gasteiger partial charge in [-0.1, -0.05) is 0 Å². The lowest BCUT2D eigenvalue weighted by atomic mass is 9.98. The van der Waals surface area contributed by atoms with Gasteiger partial charge in [0.15, 0.2) is 0 Å². The summed E-state index contributed by atoms with van der Waals surface area (Å²) in [5, 5.41) is 4.81. The van der Waals surface area contributed by atoms with Crippen LogP contribution in [0, 0.1) is 0 Å². The molecule has 114 valence electrons. The molecule has 0 fully saturated rings. The Morgan fingerprint density at radius 1 is 1.20 bits per heavy atom. The van der Waals surface area contributed by atoms with Gasteiger partial charge in [-0.3, -0.25) is 0 Å². The summed E-state index contributed by atoms with van der Waals surface area (Å²) in [5.41, 5.74) is 1.21. The Kier molecular flexibility index (Phi) is 5.96. The second-order valence-electron chi connectivity index (χ2n) is 5.59. The number of nitrogens with one attached hydrogen (secondary N) is 1. The molecule has 4 nitrogen and oxygen atoms in total. The molecule has 1 aliphatic carbocycles. The highest BCUT2D eigenvalue weighted by atomic mass is 32.1. The number of aryl methyl sites for hydroxylation is 2. The number of fused-ring (bicyclic) bond motifs is 1. The predicted octanol–water partition coefficient (Wildman–Crippen LogP) is 2.51. The molecule has 1 heterocycles. The van der Waals surface area contributed by atoms with Crippen LogP contribution in [0.25, 0.3) is 0 Å². The monoisotopic (exact) mass is 298 g/mol. The molecule has 1 atom stereocenters. The molecule has 0 radical (unpaired) electrons. The summed E-state index contributed by atoms with van der Waals surface area (Å²) < 4.78 is 10.4. The summed E-state index contributed by atoms with van der Waals surface area (Å²) in [7, 11) is 3.48. The SMILES string of the molecule is COCCNC(C)(CCOC)c1nc2c(s1)CCCC2. The number of hydrogen-bond donors (Lipinski definition) is 1. The molecule has 1 unspecified atom stereocenters. The highest BCUT2D eigenvalue weighted by Gasteiger charge is 2.31. The van der Waals surface area contributed by atoms with Crippen molar-refractivity contribution < 1.29 is 9.47 Å². The minimum atomic E-state index is -0.115. The van der Waals surface area contributed by atoms with E-state index in [4.69, 9.17) is 14.5 Å². The fourth-order valence-corrected chi connectivity index (χ4v) is 3.89. The van der Waals surface area contributed by atoms with Crippen LogP contribution in [0.4, 0.5) is 0 Å². The molecular formula is C15H26N2O2S. The van der Waals surface area contributed by atoms with Crippen LogP contribution in [-0.2, 0) is 27.9 Å². The lowest BCUT2D eigenvalue weighted by Crippen LogP contribution is -2.42. The molecule has 1 aromatic rings. The molecule has 0 saturated carbocycles. The first-order chi connectivity index (χ1) is 9.69. The van der Waals surface area contributed by atoms with Crippen molar-refractivity contribution in [3.05, 3.63) is 15.6 Å². The average molecular weight is 298 g/mol. The number of rotatable bonds is 8. The Balaban J connectivity index is 2.13. The van der Waals surface area contributed by atoms with Gasteiger partial charge in [0.1, 0.15) is 5.01 Å². The van der Waals surface area contributed by atoms with Crippen LogP contribution in [0.1, 0.15) is 41.8 Å². The zero-order valence-corrected chi connectivity index (χ0v) is 13.6. The van der Waals surface area contributed by atoms with E-state index in [2.05, 4.69) is 12.2 Å². The third kappa shape index (κ3) is 3.79. The summed E-state index contributed by atoms with van der Waals surface area (Å²) in [4.78, 5) is 6.40. The Hall–Kier alpha value is -0.490. The average Bonchev–Trinajstić information content (AvgIpc) is 2.90. The van der Waals surface area contributed by atoms with Crippen LogP contribution in [0.15, 0.2) is 0 Å². The standard InChI is InChI=1S/C15H26N2O2S/c1-15(8-10-18-2,16-9-11-19-3)14-17-12-6-4-5-7-13(12)20-14/h16H,4-11H2,1-3H3. The van der Waals surface area contributed by atoms with Crippen molar-refractivity contribution in [1.29, 1.82) is 0 Å². The van der Waals surface area contributed by atoms with Crippen LogP contribution in [0.3, 0.4) is 0 Å². The fourth-order valence-electron chi connectivity index (χ4n) is 2.59. The number of nitrogens with zero attached hydrogens (tertiary/aromatic N) is 1. The van der Waals surface area contributed by atoms with Gasteiger partial charge in [-0.05, 0) is 39.0 Å². The van der Waals surface area contributed by atoms with Gasteiger partial charge in [0.25, 0.3) is 0 Å². The molecule has 0 bridgehead atoms. The molecule has 0 aliphatic heterocycles. The predicted molar refractivity (Wildman–Crippen MR) is 82.5 cm³/mol. The quantitative estimate of drug-likeness (QED) is 0.749. The first kappa shape index (κ1) is 15.9. The van der Waals surface area contributed by atoms with Crippen molar-refractivity contribution >= 4 is 11.3 Å². The molecule has 20 heavy (non-hydrogen) atoms. The van der Waals surface area contributed by atoms with Gasteiger partial charge in [-0.25, -0.2) is 4.98 Å². The Morgan fingerprint density at radius 2 is 1.95 bits per heavy atom. The number of ether oxygens (including phenoxy) is 2. The molecule has 0 spiro atoms. The maximum absolute atomic E-state index is 5.27. The van der Waals surface area contributed by atoms with Crippen molar-refractivity contribution in [2.45, 2.75) is 44.6 Å². The molecule has 0 amide bonds. The number of aromatic nitrogens is 1. The van der Waals surface area contributed by atoms with E-state index in [1.807, 2.05) is 11.3 Å². The van der Waals surface area contributed by atoms with Crippen molar-refractivity contribution in [2.24, 2.45) is 0 Å². The third-order valence-electron chi connectivity index (χ3n) is 3.95. The van der Waals surface area contributed by atoms with Crippen LogP contribution >= 0.6 is 11.3 Å². The molecule has 0 aromatic carbocycles. The zero-order valence-electron chi connectivity index (χ0n) is 12.8. The molecule has 5 heteroatoms. The Morgan fingerprint density at radius 3 is 2.65 bits per heavy atom. The van der Waals surface area contributed by atoms with E-state index in [0.717, 1.165) is 26.0 Å². The van der Waals surface area contributed by atoms with Gasteiger partial charge in [0.05, 0.1) is 17.8 Å². The largest absolute Gasteiger partial charge is 0.385 e. The lowest BCUT2D eigenvalue weighted by molar-refractivity contribution is 0.146. The van der Waals surface area contributed by atoms with Gasteiger partial charge in [0.2, 0.25) is 0 Å². The second kappa shape index (κ2) is 7.50. The minimum absolute atomic E-state index is 0.115. The lowest BCUT2D eigenvalue weighted by Gasteiger charge is -2.28. The van der Waals surface area contributed by atoms with Crippen molar-refractivity contribution in [1.82, 2.24) is 10.3 Å². The number of hydrogen-bond acceptors (Lipinski definition) is 5. The molecule has 1 aromatic heterocycles. The smallest absolute Gasteiger partial charge is 0.113 e. The van der Waals surface area contributed by atoms with E-state index in [1.54, 1.807) is 14.2 Å². The first-order valence-corrected chi connectivity index (χ1v) is 8.23. The normalized spacial score (nSPS) is 17.8. The summed E-state index contributed by atoms with van der Waals surface area (Å²) in [6, 6.07) is 0. The van der Waals surface area contributed by atoms with Crippen LogP contribution in [0.5, 0.6) is 0 Å². The topological polar surface area (TPSA) is 43.4 Å². The zero-order chi connectivity index (χ0) is 14.4. The molecule has 2 rings (SSSR count). The summed E-state index contributed by atoms with van der Waals surface area (Å²) in [5.74, 6) is 0. The molecular weight excluding hydrogens is 272 g/mol. The highest BCUT2D eigenvalue weighted by molar-refractivity contribution is 7.11. The van der Waals surface area contributed by atoms with Gasteiger partial charge < -0.3 is 14.8 Å². The van der Waals surface area contributed by atoms with Crippen molar-refractivity contribution in [3.63, 3.8) is 0 Å². The maximum atomic E-state index is 5.27. The van der Waals surface area contributed by atoms with E-state index >= 15 is 0 Å². The maximum Gasteiger partial charge on any atom is 0.113 e. The van der Waals surface area contributed by atoms with E-state index in [0.29, 0.717) is 6.61 Å². The number of methoxy groups -OCH3 is 2. The van der Waals surface area contributed by atoms with E-state index in [-0.39, 0.29) is 5.54 Å². The highest BCUT2D eigenvalue weighted by Crippen LogP contribution is 2.34. The van der Waals surface area contributed by atoms with Gasteiger partial charge in [-0.15, -0.1) is 11.3 Å². The van der Waals surface area contributed by atoms with Gasteiger partial charge in [-0.2, -0.15) is 0 Å². The molecule has 1 N–H and O–H groups in total. The van der Waals surface area contributed by atoms with Crippen LogP contribution in [0.2, 0.25) is 0 Å². The van der Waals surface area contributed by atoms with Crippen molar-refractivity contribution in [3.8, 4) is 0 Å². The van der Waals surface area contributed by atoms with E-state index < -0.39 is 0 Å². The summed E-state index contributed by atoms with van der Waals surface area (Å²) in [6.45, 7) is 4.52. The number of thiazole rings is 1. The van der Waals surface area contributed by atoms with Gasteiger partial charge >= 0.3 is 0 Å². The van der Waals surface area contributed by atoms with Crippen molar-refractivity contribution in [2.75, 3.05) is 34.0 Å². The minimum Gasteiger partial charge on any atom is -0.385 e. The third-order valence-corrected chi connectivity index (χ3v) is 5.37. The molecule has 1 aliphatic rings.